The minimum atomic E-state index is -3.13. The van der Waals surface area contributed by atoms with Gasteiger partial charge in [-0.25, -0.2) is 4.79 Å². The Kier molecular flexibility index (Phi) is 3.47. The van der Waals surface area contributed by atoms with Crippen molar-refractivity contribution in [1.29, 1.82) is 0 Å². The third kappa shape index (κ3) is 3.83. The zero-order chi connectivity index (χ0) is 6.57. The average molecular weight is 158 g/mol. The molecule has 0 saturated carbocycles. The van der Waals surface area contributed by atoms with E-state index in [1.807, 2.05) is 0 Å². The molecule has 0 spiro atoms. The molecule has 0 N–H and O–H groups in total. The van der Waals surface area contributed by atoms with Crippen molar-refractivity contribution in [2.45, 2.75) is 0 Å². The summed E-state index contributed by atoms with van der Waals surface area (Å²) in [6, 6.07) is 0. The zero-order valence-corrected chi connectivity index (χ0v) is 5.61. The fourth-order valence-corrected chi connectivity index (χ4v) is 0.376. The molecule has 0 rings (SSSR count). The third-order valence-electron chi connectivity index (χ3n) is 0.245. The summed E-state index contributed by atoms with van der Waals surface area (Å²) in [6.07, 6.45) is -1.26. The first-order valence-electron chi connectivity index (χ1n) is 1.40. The maximum Gasteiger partial charge on any atom is 0.526 e. The summed E-state index contributed by atoms with van der Waals surface area (Å²) in [5.41, 5.74) is 0. The molecular formula is CH3O5PS. The fraction of sp³-hybridized carbons (Fsp3) is 0. The van der Waals surface area contributed by atoms with Gasteiger partial charge in [0.25, 0.3) is 0 Å². The molecule has 0 aliphatic carbocycles. The third-order valence-corrected chi connectivity index (χ3v) is 0.736. The highest BCUT2D eigenvalue weighted by molar-refractivity contribution is 7.67. The first kappa shape index (κ1) is 7.65. The molecule has 0 aliphatic rings. The monoisotopic (exact) mass is 158 g/mol. The second-order valence-electron chi connectivity index (χ2n) is 0.683. The normalized spacial score (nSPS) is 8.75. The van der Waals surface area contributed by atoms with Gasteiger partial charge in [0.1, 0.15) is 0 Å². The van der Waals surface area contributed by atoms with E-state index < -0.39 is 17.1 Å². The Hall–Kier alpha value is -0.350. The molecule has 0 heterocycles. The van der Waals surface area contributed by atoms with Gasteiger partial charge in [-0.15, -0.1) is 0 Å². The van der Waals surface area contributed by atoms with E-state index in [-0.39, 0.29) is 0 Å². The largest absolute Gasteiger partial charge is 0.526 e. The number of carbonyl (C=O) groups is 1. The maximum atomic E-state index is 9.77. The molecule has 0 bridgehead atoms. The Morgan fingerprint density at radius 1 is 1.50 bits per heavy atom. The molecule has 5 nitrogen and oxygen atoms in total. The molecule has 1 atom stereocenters. The van der Waals surface area contributed by atoms with Gasteiger partial charge in [-0.1, -0.05) is 0 Å². The first-order chi connectivity index (χ1) is 3.66. The van der Waals surface area contributed by atoms with Crippen LogP contribution in [0, 0.1) is 0 Å². The summed E-state index contributed by atoms with van der Waals surface area (Å²) < 4.78 is 26.2. The van der Waals surface area contributed by atoms with Gasteiger partial charge in [0.05, 0.1) is 9.47 Å². The van der Waals surface area contributed by atoms with Crippen LogP contribution >= 0.6 is 9.47 Å². The number of hydrogen-bond acceptors (Lipinski definition) is 5. The Morgan fingerprint density at radius 2 is 2.00 bits per heavy atom. The van der Waals surface area contributed by atoms with Crippen molar-refractivity contribution >= 4 is 26.6 Å². The van der Waals surface area contributed by atoms with Gasteiger partial charge in [0, 0.05) is 0 Å². The smallest absolute Gasteiger partial charge is 0.419 e. The molecule has 48 valence electrons. The summed E-state index contributed by atoms with van der Waals surface area (Å²) in [5, 5.41) is 0. The second-order valence-corrected chi connectivity index (χ2v) is 1.55. The fourth-order valence-electron chi connectivity index (χ4n) is 0.0824. The molecular weight excluding hydrogens is 155 g/mol. The summed E-state index contributed by atoms with van der Waals surface area (Å²) in [6.45, 7) is 0. The standard InChI is InChI=1S/CH3O5PS/c2-1(5-7)6-8(3)4/h8H,7H2. The van der Waals surface area contributed by atoms with Crippen LogP contribution in [0.1, 0.15) is 0 Å². The van der Waals surface area contributed by atoms with Gasteiger partial charge in [-0.05, 0) is 0 Å². The lowest BCUT2D eigenvalue weighted by molar-refractivity contribution is 0.164. The maximum absolute atomic E-state index is 9.77. The van der Waals surface area contributed by atoms with E-state index in [9.17, 15) is 13.2 Å². The van der Waals surface area contributed by atoms with Crippen LogP contribution < -0.4 is 0 Å². The van der Waals surface area contributed by atoms with Gasteiger partial charge in [-0.2, -0.15) is 8.42 Å². The highest BCUT2D eigenvalue weighted by atomic mass is 32.2. The van der Waals surface area contributed by atoms with Crippen LogP contribution in [0.4, 0.5) is 4.79 Å². The predicted molar refractivity (Wildman–Crippen MR) is 27.6 cm³/mol. The van der Waals surface area contributed by atoms with Crippen LogP contribution in [0.5, 0.6) is 0 Å². The summed E-state index contributed by atoms with van der Waals surface area (Å²) in [5.74, 6) is 0. The quantitative estimate of drug-likeness (QED) is 0.409. The minimum Gasteiger partial charge on any atom is -0.419 e. The molecule has 0 fully saturated rings. The Morgan fingerprint density at radius 3 is 2.12 bits per heavy atom. The van der Waals surface area contributed by atoms with Crippen LogP contribution in [0.25, 0.3) is 0 Å². The van der Waals surface area contributed by atoms with Crippen LogP contribution in [0.2, 0.25) is 0 Å². The van der Waals surface area contributed by atoms with E-state index in [4.69, 9.17) is 0 Å². The predicted octanol–water partition coefficient (Wildman–Crippen LogP) is -0.544. The summed E-state index contributed by atoms with van der Waals surface area (Å²) in [4.78, 5) is 9.77. The zero-order valence-electron chi connectivity index (χ0n) is 3.57. The molecule has 7 heteroatoms. The van der Waals surface area contributed by atoms with Gasteiger partial charge < -0.3 is 8.71 Å². The van der Waals surface area contributed by atoms with Crippen LogP contribution in [-0.2, 0) is 19.7 Å². The van der Waals surface area contributed by atoms with Crippen LogP contribution in [0.15, 0.2) is 0 Å². The van der Waals surface area contributed by atoms with Crippen molar-refractivity contribution in [2.24, 2.45) is 0 Å². The van der Waals surface area contributed by atoms with Gasteiger partial charge >= 0.3 is 17.1 Å². The first-order valence-corrected chi connectivity index (χ1v) is 2.96. The van der Waals surface area contributed by atoms with Gasteiger partial charge in [0.15, 0.2) is 0 Å². The lowest BCUT2D eigenvalue weighted by Gasteiger charge is -1.88. The molecule has 0 aliphatic heterocycles. The van der Waals surface area contributed by atoms with Crippen molar-refractivity contribution in [1.82, 2.24) is 0 Å². The molecule has 0 saturated heterocycles. The van der Waals surface area contributed by atoms with Crippen molar-refractivity contribution in [3.05, 3.63) is 0 Å². The molecule has 0 amide bonds. The van der Waals surface area contributed by atoms with Crippen LogP contribution in [-0.4, -0.2) is 14.6 Å². The van der Waals surface area contributed by atoms with E-state index in [2.05, 4.69) is 8.71 Å². The number of carbonyl (C=O) groups excluding carboxylic acids is 1. The topological polar surface area (TPSA) is 69.7 Å². The summed E-state index contributed by atoms with van der Waals surface area (Å²) in [7, 11) is -1.59. The van der Waals surface area contributed by atoms with E-state index in [1.165, 1.54) is 0 Å². The SMILES string of the molecule is O=C(OP)O[SH](=O)=O. The number of hydrogen-bond donors (Lipinski definition) is 1. The summed E-state index contributed by atoms with van der Waals surface area (Å²) >= 11 is 0. The van der Waals surface area contributed by atoms with E-state index in [0.29, 0.717) is 0 Å². The molecule has 1 unspecified atom stereocenters. The number of thiol groups is 1. The second kappa shape index (κ2) is 3.63. The highest BCUT2D eigenvalue weighted by Gasteiger charge is 1.98. The van der Waals surface area contributed by atoms with E-state index in [1.54, 1.807) is 9.47 Å². The molecule has 0 aromatic heterocycles. The molecule has 0 radical (unpaired) electrons. The Bertz CT molecular complexity index is 141. The van der Waals surface area contributed by atoms with Gasteiger partial charge in [-0.3, -0.25) is 0 Å². The molecule has 0 aromatic rings. The van der Waals surface area contributed by atoms with E-state index in [0.717, 1.165) is 0 Å². The lowest BCUT2D eigenvalue weighted by Crippen LogP contribution is -1.97. The Labute approximate surface area is 49.4 Å². The van der Waals surface area contributed by atoms with Crippen molar-refractivity contribution in [2.75, 3.05) is 0 Å². The number of rotatable bonds is 1. The minimum absolute atomic E-state index is 1.26. The average Bonchev–Trinajstić information content (AvgIpc) is 1.65. The van der Waals surface area contributed by atoms with E-state index >= 15 is 0 Å². The Balaban J connectivity index is 3.56. The lowest BCUT2D eigenvalue weighted by atomic mass is 11.5. The molecule has 0 aromatic carbocycles. The van der Waals surface area contributed by atoms with Crippen molar-refractivity contribution < 1.29 is 21.9 Å². The van der Waals surface area contributed by atoms with Crippen molar-refractivity contribution in [3.63, 3.8) is 0 Å². The van der Waals surface area contributed by atoms with Gasteiger partial charge in [0.2, 0.25) is 0 Å². The molecule has 8 heavy (non-hydrogen) atoms. The van der Waals surface area contributed by atoms with Crippen LogP contribution in [0.3, 0.4) is 0 Å². The van der Waals surface area contributed by atoms with Crippen molar-refractivity contribution in [3.8, 4) is 0 Å². The highest BCUT2D eigenvalue weighted by Crippen LogP contribution is 1.89.